The molecule has 2 aromatic rings. The number of carbonyl (C=O) groups excluding carboxylic acids is 1. The van der Waals surface area contributed by atoms with Crippen molar-refractivity contribution in [3.8, 4) is 0 Å². The number of carbonyl (C=O) groups is 1. The van der Waals surface area contributed by atoms with Crippen molar-refractivity contribution in [3.63, 3.8) is 0 Å². The Morgan fingerprint density at radius 2 is 1.70 bits per heavy atom. The lowest BCUT2D eigenvalue weighted by atomic mass is 9.94. The lowest BCUT2D eigenvalue weighted by molar-refractivity contribution is -0.119. The SMILES string of the molecule is Cc1ccc(N(CC(=O)NCCC2CCN(C)CC2)S(=O)(=O)c2ccccc2)cc1. The first-order valence-corrected chi connectivity index (χ1v) is 11.9. The summed E-state index contributed by atoms with van der Waals surface area (Å²) in [6.45, 7) is 4.45. The molecule has 1 aliphatic rings. The number of hydrogen-bond donors (Lipinski definition) is 1. The van der Waals surface area contributed by atoms with Gasteiger partial charge in [0.1, 0.15) is 6.54 Å². The molecule has 7 heteroatoms. The van der Waals surface area contributed by atoms with Gasteiger partial charge in [-0.25, -0.2) is 8.42 Å². The molecule has 1 amide bonds. The third-order valence-electron chi connectivity index (χ3n) is 5.65. The molecule has 0 aliphatic carbocycles. The smallest absolute Gasteiger partial charge is 0.264 e. The lowest BCUT2D eigenvalue weighted by Gasteiger charge is -2.29. The topological polar surface area (TPSA) is 69.7 Å². The predicted molar refractivity (Wildman–Crippen MR) is 120 cm³/mol. The van der Waals surface area contributed by atoms with Crippen LogP contribution in [-0.4, -0.2) is 52.5 Å². The first kappa shape index (κ1) is 22.3. The Kier molecular flexibility index (Phi) is 7.50. The van der Waals surface area contributed by atoms with Crippen molar-refractivity contribution >= 4 is 21.6 Å². The maximum absolute atomic E-state index is 13.2. The largest absolute Gasteiger partial charge is 0.355 e. The Labute approximate surface area is 179 Å². The number of sulfonamides is 1. The highest BCUT2D eigenvalue weighted by Crippen LogP contribution is 2.24. The molecule has 2 aromatic carbocycles. The van der Waals surface area contributed by atoms with Crippen LogP contribution in [0.15, 0.2) is 59.5 Å². The second-order valence-electron chi connectivity index (χ2n) is 8.05. The fraction of sp³-hybridized carbons (Fsp3) is 0.435. The molecule has 1 fully saturated rings. The van der Waals surface area contributed by atoms with Gasteiger partial charge < -0.3 is 10.2 Å². The van der Waals surface area contributed by atoms with Crippen LogP contribution in [0.25, 0.3) is 0 Å². The van der Waals surface area contributed by atoms with Gasteiger partial charge in [0.05, 0.1) is 10.6 Å². The molecule has 0 bridgehead atoms. The first-order valence-electron chi connectivity index (χ1n) is 10.5. The highest BCUT2D eigenvalue weighted by molar-refractivity contribution is 7.92. The Morgan fingerprint density at radius 1 is 1.07 bits per heavy atom. The summed E-state index contributed by atoms with van der Waals surface area (Å²) in [5.74, 6) is 0.325. The third kappa shape index (κ3) is 5.83. The molecule has 1 saturated heterocycles. The summed E-state index contributed by atoms with van der Waals surface area (Å²) in [7, 11) is -1.72. The number of hydrogen-bond acceptors (Lipinski definition) is 4. The number of rotatable bonds is 8. The van der Waals surface area contributed by atoms with Gasteiger partial charge in [-0.2, -0.15) is 0 Å². The highest BCUT2D eigenvalue weighted by Gasteiger charge is 2.27. The molecule has 30 heavy (non-hydrogen) atoms. The predicted octanol–water partition coefficient (Wildman–Crippen LogP) is 3.04. The number of piperidine rings is 1. The Hall–Kier alpha value is -2.38. The zero-order valence-corrected chi connectivity index (χ0v) is 18.6. The highest BCUT2D eigenvalue weighted by atomic mass is 32.2. The van der Waals surface area contributed by atoms with Crippen LogP contribution in [0.3, 0.4) is 0 Å². The Bertz CT molecular complexity index is 922. The van der Waals surface area contributed by atoms with Gasteiger partial charge in [0, 0.05) is 6.54 Å². The van der Waals surface area contributed by atoms with Gasteiger partial charge in [-0.3, -0.25) is 9.10 Å². The van der Waals surface area contributed by atoms with E-state index in [0.29, 0.717) is 18.2 Å². The number of likely N-dealkylation sites (tertiary alicyclic amines) is 1. The standard InChI is InChI=1S/C23H31N3O3S/c1-19-8-10-21(11-9-19)26(30(28,29)22-6-4-3-5-7-22)18-23(27)24-15-12-20-13-16-25(2)17-14-20/h3-11,20H,12-18H2,1-2H3,(H,24,27). The van der Waals surface area contributed by atoms with Gasteiger partial charge in [-0.15, -0.1) is 0 Å². The van der Waals surface area contributed by atoms with Crippen LogP contribution in [-0.2, 0) is 14.8 Å². The van der Waals surface area contributed by atoms with Crippen molar-refractivity contribution in [2.24, 2.45) is 5.92 Å². The molecule has 3 rings (SSSR count). The van der Waals surface area contributed by atoms with Crippen LogP contribution >= 0.6 is 0 Å². The number of aryl methyl sites for hydroxylation is 1. The molecular formula is C23H31N3O3S. The van der Waals surface area contributed by atoms with E-state index in [2.05, 4.69) is 17.3 Å². The van der Waals surface area contributed by atoms with E-state index in [9.17, 15) is 13.2 Å². The van der Waals surface area contributed by atoms with Crippen LogP contribution in [0, 0.1) is 12.8 Å². The van der Waals surface area contributed by atoms with Crippen LogP contribution in [0.1, 0.15) is 24.8 Å². The number of nitrogens with zero attached hydrogens (tertiary/aromatic N) is 2. The summed E-state index contributed by atoms with van der Waals surface area (Å²) in [5, 5.41) is 2.92. The van der Waals surface area contributed by atoms with Crippen molar-refractivity contribution < 1.29 is 13.2 Å². The second kappa shape index (κ2) is 10.1. The van der Waals surface area contributed by atoms with Crippen LogP contribution in [0.2, 0.25) is 0 Å². The zero-order chi connectivity index (χ0) is 21.6. The summed E-state index contributed by atoms with van der Waals surface area (Å²) in [5.41, 5.74) is 1.51. The minimum absolute atomic E-state index is 0.171. The molecule has 0 atom stereocenters. The van der Waals surface area contributed by atoms with E-state index >= 15 is 0 Å². The summed E-state index contributed by atoms with van der Waals surface area (Å²) in [6, 6.07) is 15.4. The summed E-state index contributed by atoms with van der Waals surface area (Å²) >= 11 is 0. The molecule has 0 spiro atoms. The molecular weight excluding hydrogens is 398 g/mol. The van der Waals surface area contributed by atoms with E-state index in [1.807, 2.05) is 19.1 Å². The normalized spacial score (nSPS) is 15.7. The van der Waals surface area contributed by atoms with Gasteiger partial charge in [-0.05, 0) is 76.5 Å². The van der Waals surface area contributed by atoms with Crippen molar-refractivity contribution in [2.75, 3.05) is 37.5 Å². The molecule has 0 aromatic heterocycles. The van der Waals surface area contributed by atoms with Gasteiger partial charge in [0.2, 0.25) is 5.91 Å². The lowest BCUT2D eigenvalue weighted by Crippen LogP contribution is -2.41. The van der Waals surface area contributed by atoms with E-state index in [0.717, 1.165) is 37.9 Å². The van der Waals surface area contributed by atoms with E-state index in [4.69, 9.17) is 0 Å². The molecule has 1 aliphatic heterocycles. The average Bonchev–Trinajstić information content (AvgIpc) is 2.75. The van der Waals surface area contributed by atoms with Crippen molar-refractivity contribution in [1.29, 1.82) is 0 Å². The fourth-order valence-electron chi connectivity index (χ4n) is 3.70. The van der Waals surface area contributed by atoms with E-state index in [-0.39, 0.29) is 17.3 Å². The van der Waals surface area contributed by atoms with E-state index in [1.165, 1.54) is 4.31 Å². The minimum atomic E-state index is -3.85. The van der Waals surface area contributed by atoms with E-state index in [1.54, 1.807) is 42.5 Å². The van der Waals surface area contributed by atoms with Gasteiger partial charge in [0.25, 0.3) is 10.0 Å². The second-order valence-corrected chi connectivity index (χ2v) is 9.91. The number of anilines is 1. The molecule has 1 N–H and O–H groups in total. The molecule has 0 unspecified atom stereocenters. The molecule has 6 nitrogen and oxygen atoms in total. The summed E-state index contributed by atoms with van der Waals surface area (Å²) in [4.78, 5) is 15.1. The Morgan fingerprint density at radius 3 is 2.33 bits per heavy atom. The summed E-state index contributed by atoms with van der Waals surface area (Å²) < 4.78 is 27.7. The number of nitrogens with one attached hydrogen (secondary N) is 1. The third-order valence-corrected chi connectivity index (χ3v) is 7.44. The van der Waals surface area contributed by atoms with Crippen molar-refractivity contribution in [3.05, 3.63) is 60.2 Å². The van der Waals surface area contributed by atoms with Gasteiger partial charge in [-0.1, -0.05) is 35.9 Å². The molecule has 0 saturated carbocycles. The number of benzene rings is 2. The molecule has 162 valence electrons. The maximum Gasteiger partial charge on any atom is 0.264 e. The minimum Gasteiger partial charge on any atom is -0.355 e. The van der Waals surface area contributed by atoms with Crippen LogP contribution in [0.4, 0.5) is 5.69 Å². The Balaban J connectivity index is 1.68. The average molecular weight is 430 g/mol. The van der Waals surface area contributed by atoms with Gasteiger partial charge in [0.15, 0.2) is 0 Å². The monoisotopic (exact) mass is 429 g/mol. The van der Waals surface area contributed by atoms with Crippen molar-refractivity contribution in [1.82, 2.24) is 10.2 Å². The van der Waals surface area contributed by atoms with E-state index < -0.39 is 10.0 Å². The quantitative estimate of drug-likeness (QED) is 0.700. The molecule has 1 heterocycles. The maximum atomic E-state index is 13.2. The number of amides is 1. The van der Waals surface area contributed by atoms with Crippen LogP contribution < -0.4 is 9.62 Å². The van der Waals surface area contributed by atoms with Crippen molar-refractivity contribution in [2.45, 2.75) is 31.1 Å². The fourth-order valence-corrected chi connectivity index (χ4v) is 5.14. The van der Waals surface area contributed by atoms with Crippen LogP contribution in [0.5, 0.6) is 0 Å². The summed E-state index contributed by atoms with van der Waals surface area (Å²) in [6.07, 6.45) is 3.21. The zero-order valence-electron chi connectivity index (χ0n) is 17.8. The first-order chi connectivity index (χ1) is 14.4. The molecule has 0 radical (unpaired) electrons. The van der Waals surface area contributed by atoms with Gasteiger partial charge >= 0.3 is 0 Å².